The predicted molar refractivity (Wildman–Crippen MR) is 88.9 cm³/mol. The molecule has 2 aromatic rings. The van der Waals surface area contributed by atoms with Gasteiger partial charge in [0, 0.05) is 4.88 Å². The molecule has 0 unspecified atom stereocenters. The molecule has 9 heteroatoms. The number of hydrogen-bond donors (Lipinski definition) is 5. The summed E-state index contributed by atoms with van der Waals surface area (Å²) < 4.78 is 0. The number of carboxylic acids is 1. The standard InChI is InChI=1S/C15H16BNO6S/c18-13(8-10-4-2-6-24-10)17-12(16(22)23)7-9-3-1-5-11(14(9)19)15(20)21/h1-6,12,19,22-23H,7-8H2,(H,17,18)(H,20,21)/t12-/m0/s1. The van der Waals surface area contributed by atoms with Gasteiger partial charge in [-0.15, -0.1) is 11.3 Å². The number of carbonyl (C=O) groups excluding carboxylic acids is 1. The van der Waals surface area contributed by atoms with E-state index in [1.54, 1.807) is 12.1 Å². The molecule has 0 aliphatic rings. The zero-order valence-electron chi connectivity index (χ0n) is 12.5. The van der Waals surface area contributed by atoms with Gasteiger partial charge in [0.15, 0.2) is 0 Å². The summed E-state index contributed by atoms with van der Waals surface area (Å²) in [4.78, 5) is 23.8. The molecule has 24 heavy (non-hydrogen) atoms. The Labute approximate surface area is 142 Å². The second-order valence-corrected chi connectivity index (χ2v) is 6.20. The van der Waals surface area contributed by atoms with Crippen molar-refractivity contribution >= 4 is 30.3 Å². The van der Waals surface area contributed by atoms with Crippen LogP contribution in [0.15, 0.2) is 35.7 Å². The Bertz CT molecular complexity index is 719. The second-order valence-electron chi connectivity index (χ2n) is 5.17. The van der Waals surface area contributed by atoms with Crippen LogP contribution in [0.5, 0.6) is 5.75 Å². The van der Waals surface area contributed by atoms with Crippen molar-refractivity contribution in [1.82, 2.24) is 5.32 Å². The fourth-order valence-electron chi connectivity index (χ4n) is 2.23. The van der Waals surface area contributed by atoms with Gasteiger partial charge in [0.1, 0.15) is 11.3 Å². The molecule has 0 radical (unpaired) electrons. The maximum atomic E-state index is 12.0. The SMILES string of the molecule is O=C(Cc1cccs1)N[C@@H](Cc1cccc(C(=O)O)c1O)B(O)O. The highest BCUT2D eigenvalue weighted by Gasteiger charge is 2.27. The van der Waals surface area contributed by atoms with Gasteiger partial charge in [0.2, 0.25) is 5.91 Å². The predicted octanol–water partition coefficient (Wildman–Crippen LogP) is 0.434. The van der Waals surface area contributed by atoms with Gasteiger partial charge in [-0.05, 0) is 29.5 Å². The van der Waals surface area contributed by atoms with Crippen molar-refractivity contribution in [3.8, 4) is 5.75 Å². The molecule has 0 spiro atoms. The lowest BCUT2D eigenvalue weighted by Crippen LogP contribution is -2.48. The van der Waals surface area contributed by atoms with Gasteiger partial charge in [-0.25, -0.2) is 4.79 Å². The number of carboxylic acid groups (broad SMARTS) is 1. The van der Waals surface area contributed by atoms with E-state index in [0.29, 0.717) is 0 Å². The van der Waals surface area contributed by atoms with E-state index in [1.165, 1.54) is 29.5 Å². The normalized spacial score (nSPS) is 11.8. The van der Waals surface area contributed by atoms with Crippen LogP contribution in [0.25, 0.3) is 0 Å². The van der Waals surface area contributed by atoms with E-state index < -0.39 is 30.7 Å². The lowest BCUT2D eigenvalue weighted by atomic mass is 9.75. The third kappa shape index (κ3) is 4.57. The fourth-order valence-corrected chi connectivity index (χ4v) is 2.93. The van der Waals surface area contributed by atoms with Crippen LogP contribution in [0.3, 0.4) is 0 Å². The Kier molecular flexibility index (Phi) is 5.96. The zero-order valence-corrected chi connectivity index (χ0v) is 13.4. The van der Waals surface area contributed by atoms with Crippen molar-refractivity contribution in [1.29, 1.82) is 0 Å². The summed E-state index contributed by atoms with van der Waals surface area (Å²) in [5, 5.41) is 42.2. The number of nitrogens with one attached hydrogen (secondary N) is 1. The molecule has 0 aliphatic heterocycles. The van der Waals surface area contributed by atoms with Gasteiger partial charge in [0.25, 0.3) is 0 Å². The van der Waals surface area contributed by atoms with Crippen molar-refractivity contribution in [3.05, 3.63) is 51.7 Å². The van der Waals surface area contributed by atoms with Crippen LogP contribution in [0.2, 0.25) is 0 Å². The number of aromatic hydroxyl groups is 1. The third-order valence-corrected chi connectivity index (χ3v) is 4.29. The van der Waals surface area contributed by atoms with Crippen LogP contribution in [-0.4, -0.2) is 45.2 Å². The topological polar surface area (TPSA) is 127 Å². The number of carbonyl (C=O) groups is 2. The van der Waals surface area contributed by atoms with Gasteiger partial charge < -0.3 is 25.6 Å². The van der Waals surface area contributed by atoms with Crippen molar-refractivity contribution in [2.75, 3.05) is 0 Å². The number of phenols is 1. The summed E-state index contributed by atoms with van der Waals surface area (Å²) in [6.45, 7) is 0. The fraction of sp³-hybridized carbons (Fsp3) is 0.200. The summed E-state index contributed by atoms with van der Waals surface area (Å²) in [5.41, 5.74) is -0.0898. The Morgan fingerprint density at radius 1 is 1.21 bits per heavy atom. The first-order chi connectivity index (χ1) is 11.4. The molecule has 5 N–H and O–H groups in total. The number of benzene rings is 1. The number of hydrogen-bond acceptors (Lipinski definition) is 6. The smallest absolute Gasteiger partial charge is 0.475 e. The minimum Gasteiger partial charge on any atom is -0.507 e. The van der Waals surface area contributed by atoms with Crippen LogP contribution in [-0.2, 0) is 17.6 Å². The van der Waals surface area contributed by atoms with Crippen LogP contribution in [0, 0.1) is 0 Å². The van der Waals surface area contributed by atoms with Crippen molar-refractivity contribution < 1.29 is 29.9 Å². The van der Waals surface area contributed by atoms with E-state index >= 15 is 0 Å². The number of rotatable bonds is 7. The van der Waals surface area contributed by atoms with Gasteiger partial charge >= 0.3 is 13.1 Å². The molecule has 2 rings (SSSR count). The van der Waals surface area contributed by atoms with E-state index in [-0.39, 0.29) is 24.0 Å². The Morgan fingerprint density at radius 3 is 2.54 bits per heavy atom. The molecule has 0 fully saturated rings. The summed E-state index contributed by atoms with van der Waals surface area (Å²) in [5.74, 6) is -3.22. The van der Waals surface area contributed by atoms with Gasteiger partial charge in [-0.2, -0.15) is 0 Å². The van der Waals surface area contributed by atoms with Gasteiger partial charge in [-0.3, -0.25) is 4.79 Å². The molecule has 126 valence electrons. The van der Waals surface area contributed by atoms with Crippen LogP contribution in [0.1, 0.15) is 20.8 Å². The highest BCUT2D eigenvalue weighted by molar-refractivity contribution is 7.10. The average molecular weight is 349 g/mol. The quantitative estimate of drug-likeness (QED) is 0.462. The summed E-state index contributed by atoms with van der Waals surface area (Å²) >= 11 is 1.41. The van der Waals surface area contributed by atoms with Crippen molar-refractivity contribution in [2.24, 2.45) is 0 Å². The highest BCUT2D eigenvalue weighted by atomic mass is 32.1. The maximum Gasteiger partial charge on any atom is 0.475 e. The monoisotopic (exact) mass is 349 g/mol. The average Bonchev–Trinajstić information content (AvgIpc) is 3.00. The van der Waals surface area contributed by atoms with Crippen LogP contribution in [0.4, 0.5) is 0 Å². The molecule has 0 aliphatic carbocycles. The van der Waals surface area contributed by atoms with Crippen molar-refractivity contribution in [2.45, 2.75) is 18.8 Å². The molecular weight excluding hydrogens is 333 g/mol. The number of thiophene rings is 1. The molecule has 1 amide bonds. The molecular formula is C15H16BNO6S. The maximum absolute atomic E-state index is 12.0. The van der Waals surface area contributed by atoms with E-state index in [0.717, 1.165) is 4.88 Å². The van der Waals surface area contributed by atoms with Crippen LogP contribution < -0.4 is 5.32 Å². The molecule has 1 atom stereocenters. The Morgan fingerprint density at radius 2 is 1.96 bits per heavy atom. The molecule has 0 bridgehead atoms. The zero-order chi connectivity index (χ0) is 17.7. The van der Waals surface area contributed by atoms with E-state index in [9.17, 15) is 24.7 Å². The minimum absolute atomic E-state index is 0.0992. The Balaban J connectivity index is 2.10. The first-order valence-corrected chi connectivity index (χ1v) is 7.98. The minimum atomic E-state index is -1.86. The third-order valence-electron chi connectivity index (χ3n) is 3.41. The highest BCUT2D eigenvalue weighted by Crippen LogP contribution is 2.24. The molecule has 1 aromatic heterocycles. The number of para-hydroxylation sites is 1. The summed E-state index contributed by atoms with van der Waals surface area (Å²) in [6.07, 6.45) is -0.0250. The molecule has 1 heterocycles. The summed E-state index contributed by atoms with van der Waals surface area (Å²) in [7, 11) is -1.86. The summed E-state index contributed by atoms with van der Waals surface area (Å²) in [6, 6.07) is 7.73. The number of amides is 1. The van der Waals surface area contributed by atoms with Gasteiger partial charge in [0.05, 0.1) is 12.4 Å². The largest absolute Gasteiger partial charge is 0.507 e. The van der Waals surface area contributed by atoms with Crippen LogP contribution >= 0.6 is 11.3 Å². The number of aromatic carboxylic acids is 1. The van der Waals surface area contributed by atoms with E-state index in [1.807, 2.05) is 5.38 Å². The molecule has 1 aromatic carbocycles. The lowest BCUT2D eigenvalue weighted by Gasteiger charge is -2.18. The van der Waals surface area contributed by atoms with E-state index in [4.69, 9.17) is 5.11 Å². The second kappa shape index (κ2) is 7.96. The Hall–Kier alpha value is -2.36. The molecule has 0 saturated carbocycles. The molecule has 0 saturated heterocycles. The first-order valence-electron chi connectivity index (χ1n) is 7.10. The van der Waals surface area contributed by atoms with Gasteiger partial charge in [-0.1, -0.05) is 18.2 Å². The van der Waals surface area contributed by atoms with Crippen molar-refractivity contribution in [3.63, 3.8) is 0 Å². The lowest BCUT2D eigenvalue weighted by molar-refractivity contribution is -0.120. The van der Waals surface area contributed by atoms with E-state index in [2.05, 4.69) is 5.32 Å². The first kappa shape index (κ1) is 18.0. The molecule has 7 nitrogen and oxygen atoms in total.